The molecule has 3 rings (SSSR count). The van der Waals surface area contributed by atoms with E-state index in [2.05, 4.69) is 48.6 Å². The van der Waals surface area contributed by atoms with Crippen molar-refractivity contribution in [3.63, 3.8) is 0 Å². The van der Waals surface area contributed by atoms with E-state index in [1.165, 1.54) is 11.8 Å². The number of hydrogen-bond donors (Lipinski definition) is 0. The molecule has 7 nitrogen and oxygen atoms in total. The summed E-state index contributed by atoms with van der Waals surface area (Å²) in [6.07, 6.45) is 1.64. The maximum atomic E-state index is 11.4. The molecule has 0 aliphatic rings. The van der Waals surface area contributed by atoms with Crippen LogP contribution in [0.15, 0.2) is 63.2 Å². The van der Waals surface area contributed by atoms with Crippen LogP contribution in [0.25, 0.3) is 5.69 Å². The van der Waals surface area contributed by atoms with Crippen molar-refractivity contribution in [3.8, 4) is 11.4 Å². The lowest BCUT2D eigenvalue weighted by atomic mass is 10.1. The van der Waals surface area contributed by atoms with Crippen LogP contribution in [-0.4, -0.2) is 32.8 Å². The number of halogens is 3. The molecule has 0 N–H and O–H groups in total. The topological polar surface area (TPSA) is 83.1 Å². The summed E-state index contributed by atoms with van der Waals surface area (Å²) < 4.78 is 8.86. The zero-order valence-electron chi connectivity index (χ0n) is 16.3. The predicted octanol–water partition coefficient (Wildman–Crippen LogP) is 6.43. The predicted molar refractivity (Wildman–Crippen MR) is 129 cm³/mol. The molecule has 0 amide bonds. The van der Waals surface area contributed by atoms with E-state index in [0.29, 0.717) is 37.3 Å². The van der Waals surface area contributed by atoms with Crippen LogP contribution in [0.5, 0.6) is 5.75 Å². The van der Waals surface area contributed by atoms with Gasteiger partial charge in [0.1, 0.15) is 23.4 Å². The van der Waals surface area contributed by atoms with E-state index < -0.39 is 5.25 Å². The summed E-state index contributed by atoms with van der Waals surface area (Å²) in [5.74, 6) is 1.27. The molecule has 1 aromatic heterocycles. The Balaban J connectivity index is 1.98. The van der Waals surface area contributed by atoms with Crippen LogP contribution in [0, 0.1) is 17.0 Å². The molecule has 0 aliphatic carbocycles. The number of aromatic nitrogens is 3. The Bertz CT molecular complexity index is 1090. The van der Waals surface area contributed by atoms with Crippen LogP contribution in [0.2, 0.25) is 5.02 Å². The summed E-state index contributed by atoms with van der Waals surface area (Å²) in [6.45, 7) is 5.52. The molecule has 0 spiro atoms. The van der Waals surface area contributed by atoms with Crippen molar-refractivity contribution in [1.82, 2.24) is 14.8 Å². The molecular weight excluding hydrogens is 572 g/mol. The van der Waals surface area contributed by atoms with E-state index in [1.807, 2.05) is 35.8 Å². The van der Waals surface area contributed by atoms with Gasteiger partial charge in [0.15, 0.2) is 5.16 Å². The molecule has 0 saturated carbocycles. The second kappa shape index (κ2) is 10.6. The van der Waals surface area contributed by atoms with Crippen molar-refractivity contribution in [1.29, 1.82) is 0 Å². The Morgan fingerprint density at radius 3 is 2.52 bits per heavy atom. The van der Waals surface area contributed by atoms with Gasteiger partial charge in [-0.2, -0.15) is 0 Å². The summed E-state index contributed by atoms with van der Waals surface area (Å²) in [4.78, 5) is 11.1. The molecule has 0 fully saturated rings. The lowest BCUT2D eigenvalue weighted by Crippen LogP contribution is -2.11. The second-order valence-electron chi connectivity index (χ2n) is 6.38. The third-order valence-corrected chi connectivity index (χ3v) is 6.79. The minimum absolute atomic E-state index is 0.289. The monoisotopic (exact) mass is 586 g/mol. The lowest BCUT2D eigenvalue weighted by Gasteiger charge is -2.17. The SMILES string of the molecule is C=CCOc1c(Br)cc([C@@H](C[N+](=O)[O-])Sc2nnc(C)n2-c2ccc(Cl)cc2)cc1Br. The highest BCUT2D eigenvalue weighted by Crippen LogP contribution is 2.42. The zero-order chi connectivity index (χ0) is 22.5. The highest BCUT2D eigenvalue weighted by atomic mass is 79.9. The Morgan fingerprint density at radius 2 is 1.94 bits per heavy atom. The van der Waals surface area contributed by atoms with Gasteiger partial charge in [-0.15, -0.1) is 10.2 Å². The second-order valence-corrected chi connectivity index (χ2v) is 9.69. The fourth-order valence-electron chi connectivity index (χ4n) is 2.83. The van der Waals surface area contributed by atoms with Gasteiger partial charge < -0.3 is 4.74 Å². The smallest absolute Gasteiger partial charge is 0.220 e. The number of nitro groups is 1. The first-order valence-corrected chi connectivity index (χ1v) is 11.8. The Labute approximate surface area is 205 Å². The van der Waals surface area contributed by atoms with Gasteiger partial charge >= 0.3 is 0 Å². The highest BCUT2D eigenvalue weighted by Gasteiger charge is 2.25. The highest BCUT2D eigenvalue weighted by molar-refractivity contribution is 9.11. The number of hydrogen-bond acceptors (Lipinski definition) is 6. The molecule has 11 heteroatoms. The number of nitrogens with zero attached hydrogens (tertiary/aromatic N) is 4. The number of aryl methyl sites for hydroxylation is 1. The van der Waals surface area contributed by atoms with Crippen LogP contribution in [0.1, 0.15) is 16.6 Å². The molecule has 0 radical (unpaired) electrons. The average molecular weight is 589 g/mol. The molecule has 0 unspecified atom stereocenters. The van der Waals surface area contributed by atoms with Crippen molar-refractivity contribution >= 4 is 55.2 Å². The molecule has 0 aliphatic heterocycles. The maximum absolute atomic E-state index is 11.4. The minimum atomic E-state index is -0.509. The van der Waals surface area contributed by atoms with Crippen molar-refractivity contribution in [2.24, 2.45) is 0 Å². The van der Waals surface area contributed by atoms with E-state index in [9.17, 15) is 10.1 Å². The van der Waals surface area contributed by atoms with E-state index in [0.717, 1.165) is 11.3 Å². The molecule has 31 heavy (non-hydrogen) atoms. The summed E-state index contributed by atoms with van der Waals surface area (Å²) in [5.41, 5.74) is 1.57. The first-order chi connectivity index (χ1) is 14.8. The summed E-state index contributed by atoms with van der Waals surface area (Å²) in [5, 5.41) is 20.5. The summed E-state index contributed by atoms with van der Waals surface area (Å²) in [6, 6.07) is 10.9. The first-order valence-electron chi connectivity index (χ1n) is 8.99. The number of ether oxygens (including phenoxy) is 1. The largest absolute Gasteiger partial charge is 0.487 e. The van der Waals surface area contributed by atoms with Gasteiger partial charge in [0.2, 0.25) is 6.54 Å². The van der Waals surface area contributed by atoms with Crippen LogP contribution in [0.3, 0.4) is 0 Å². The molecule has 162 valence electrons. The first kappa shape index (κ1) is 23.8. The summed E-state index contributed by atoms with van der Waals surface area (Å²) >= 11 is 14.3. The van der Waals surface area contributed by atoms with Crippen LogP contribution < -0.4 is 4.74 Å². The fourth-order valence-corrected chi connectivity index (χ4v) is 5.56. The van der Waals surface area contributed by atoms with Gasteiger partial charge in [-0.25, -0.2) is 0 Å². The van der Waals surface area contributed by atoms with Gasteiger partial charge in [0.05, 0.1) is 8.95 Å². The van der Waals surface area contributed by atoms with E-state index >= 15 is 0 Å². The number of thioether (sulfide) groups is 1. The molecule has 2 aromatic carbocycles. The van der Waals surface area contributed by atoms with E-state index in [-0.39, 0.29) is 11.5 Å². The Kier molecular flexibility index (Phi) is 8.15. The van der Waals surface area contributed by atoms with Crippen LogP contribution >= 0.6 is 55.2 Å². The Hall–Kier alpha value is -1.88. The van der Waals surface area contributed by atoms with E-state index in [1.54, 1.807) is 18.2 Å². The average Bonchev–Trinajstić information content (AvgIpc) is 3.07. The van der Waals surface area contributed by atoms with Crippen molar-refractivity contribution in [3.05, 3.63) is 84.5 Å². The molecule has 3 aromatic rings. The van der Waals surface area contributed by atoms with Crippen molar-refractivity contribution in [2.45, 2.75) is 17.3 Å². The van der Waals surface area contributed by atoms with Crippen LogP contribution in [-0.2, 0) is 0 Å². The normalized spacial score (nSPS) is 11.9. The molecule has 1 heterocycles. The van der Waals surface area contributed by atoms with Crippen LogP contribution in [0.4, 0.5) is 0 Å². The quantitative estimate of drug-likeness (QED) is 0.124. The van der Waals surface area contributed by atoms with Gasteiger partial charge in [-0.3, -0.25) is 14.7 Å². The number of rotatable bonds is 9. The Morgan fingerprint density at radius 1 is 1.29 bits per heavy atom. The molecular formula is C20H17Br2ClN4O3S. The van der Waals surface area contributed by atoms with Gasteiger partial charge in [-0.05, 0) is 80.7 Å². The lowest BCUT2D eigenvalue weighted by molar-refractivity contribution is -0.479. The zero-order valence-corrected chi connectivity index (χ0v) is 21.0. The van der Waals surface area contributed by atoms with Gasteiger partial charge in [0, 0.05) is 15.6 Å². The molecule has 0 saturated heterocycles. The minimum Gasteiger partial charge on any atom is -0.487 e. The van der Waals surface area contributed by atoms with Crippen molar-refractivity contribution < 1.29 is 9.66 Å². The van der Waals surface area contributed by atoms with Gasteiger partial charge in [0.25, 0.3) is 0 Å². The fraction of sp³-hybridized carbons (Fsp3) is 0.200. The summed E-state index contributed by atoms with van der Waals surface area (Å²) in [7, 11) is 0. The maximum Gasteiger partial charge on any atom is 0.220 e. The third kappa shape index (κ3) is 5.88. The number of benzene rings is 2. The third-order valence-electron chi connectivity index (χ3n) is 4.18. The molecule has 0 bridgehead atoms. The van der Waals surface area contributed by atoms with Crippen molar-refractivity contribution in [2.75, 3.05) is 13.2 Å². The standard InChI is InChI=1S/C20H17Br2ClN4O3S/c1-3-8-30-19-16(21)9-13(10-17(19)22)18(11-26(28)29)31-20-25-24-12(2)27(20)15-6-4-14(23)5-7-15/h3-7,9-10,18H,1,8,11H2,2H3/t18-/m1/s1. The van der Waals surface area contributed by atoms with Gasteiger partial charge in [-0.1, -0.05) is 36.0 Å². The molecule has 1 atom stereocenters. The van der Waals surface area contributed by atoms with E-state index in [4.69, 9.17) is 16.3 Å².